The van der Waals surface area contributed by atoms with Crippen molar-refractivity contribution in [1.29, 1.82) is 0 Å². The Hall–Kier alpha value is -5.21. The van der Waals surface area contributed by atoms with Crippen LogP contribution in [0, 0.1) is 5.82 Å². The minimum absolute atomic E-state index is 0.00489. The van der Waals surface area contributed by atoms with Crippen molar-refractivity contribution in [2.75, 3.05) is 48.0 Å². The summed E-state index contributed by atoms with van der Waals surface area (Å²) in [7, 11) is 4.34. The standard InChI is InChI=1S/C33H35FN2O11/c1-41-19-44-26-15-14-23(17-28(26)43-3)31(38)35-24-7-4-5-16-36(18-24)33(40)47-46-32(39)22-12-10-21(11-13-22)30(37)29-25(34)8-6-9-27(29)45-20-42-2/h6,8-15,17,24H,4-5,7,16,18-20H2,1-3H3,(H,35,38). The summed E-state index contributed by atoms with van der Waals surface area (Å²) in [6.07, 6.45) is 1.08. The molecule has 1 aliphatic rings. The van der Waals surface area contributed by atoms with Crippen LogP contribution in [-0.4, -0.2) is 82.7 Å². The van der Waals surface area contributed by atoms with Gasteiger partial charge in [0.15, 0.2) is 30.9 Å². The van der Waals surface area contributed by atoms with Gasteiger partial charge in [0.1, 0.15) is 17.1 Å². The average molecular weight is 655 g/mol. The number of likely N-dealkylation sites (tertiary alicyclic amines) is 1. The first-order valence-electron chi connectivity index (χ1n) is 14.6. The summed E-state index contributed by atoms with van der Waals surface area (Å²) in [6.45, 7) is 0.279. The van der Waals surface area contributed by atoms with Crippen LogP contribution in [0.5, 0.6) is 17.2 Å². The molecule has 3 aromatic carbocycles. The molecule has 2 amide bonds. The van der Waals surface area contributed by atoms with E-state index in [2.05, 4.69) is 5.32 Å². The fraction of sp³-hybridized carbons (Fsp3) is 0.333. The van der Waals surface area contributed by atoms with Gasteiger partial charge in [-0.05, 0) is 61.7 Å². The van der Waals surface area contributed by atoms with Crippen LogP contribution in [0.25, 0.3) is 0 Å². The van der Waals surface area contributed by atoms with Gasteiger partial charge >= 0.3 is 12.1 Å². The van der Waals surface area contributed by atoms with E-state index in [1.807, 2.05) is 0 Å². The molecule has 0 aliphatic carbocycles. The summed E-state index contributed by atoms with van der Waals surface area (Å²) in [5, 5.41) is 2.93. The van der Waals surface area contributed by atoms with E-state index in [9.17, 15) is 23.6 Å². The fourth-order valence-electron chi connectivity index (χ4n) is 4.79. The van der Waals surface area contributed by atoms with E-state index >= 15 is 0 Å². The van der Waals surface area contributed by atoms with Crippen molar-refractivity contribution in [2.45, 2.75) is 25.3 Å². The van der Waals surface area contributed by atoms with Crippen molar-refractivity contribution in [1.82, 2.24) is 10.2 Å². The van der Waals surface area contributed by atoms with E-state index in [1.54, 1.807) is 18.2 Å². The van der Waals surface area contributed by atoms with E-state index in [-0.39, 0.29) is 48.5 Å². The van der Waals surface area contributed by atoms with Gasteiger partial charge in [0.2, 0.25) is 0 Å². The summed E-state index contributed by atoms with van der Waals surface area (Å²) < 4.78 is 40.3. The molecule has 0 radical (unpaired) electrons. The van der Waals surface area contributed by atoms with Crippen molar-refractivity contribution < 1.29 is 57.0 Å². The van der Waals surface area contributed by atoms with Crippen molar-refractivity contribution in [2.24, 2.45) is 0 Å². The van der Waals surface area contributed by atoms with Gasteiger partial charge in [-0.15, -0.1) is 0 Å². The zero-order chi connectivity index (χ0) is 33.8. The molecule has 1 unspecified atom stereocenters. The molecule has 0 spiro atoms. The summed E-state index contributed by atoms with van der Waals surface area (Å²) in [6, 6.07) is 13.5. The Kier molecular flexibility index (Phi) is 12.5. The van der Waals surface area contributed by atoms with Gasteiger partial charge in [-0.2, -0.15) is 0 Å². The Morgan fingerprint density at radius 1 is 0.809 bits per heavy atom. The molecule has 1 fully saturated rings. The molecule has 47 heavy (non-hydrogen) atoms. The van der Waals surface area contributed by atoms with E-state index < -0.39 is 29.7 Å². The number of ketones is 1. The van der Waals surface area contributed by atoms with Gasteiger partial charge in [0.05, 0.1) is 12.7 Å². The number of carbonyl (C=O) groups is 4. The fourth-order valence-corrected chi connectivity index (χ4v) is 4.79. The molecule has 0 bridgehead atoms. The molecule has 14 heteroatoms. The van der Waals surface area contributed by atoms with E-state index in [0.29, 0.717) is 36.4 Å². The highest BCUT2D eigenvalue weighted by Gasteiger charge is 2.27. The Balaban J connectivity index is 1.32. The van der Waals surface area contributed by atoms with Crippen LogP contribution in [0.15, 0.2) is 60.7 Å². The lowest BCUT2D eigenvalue weighted by molar-refractivity contribution is -0.192. The van der Waals surface area contributed by atoms with Crippen LogP contribution in [0.3, 0.4) is 0 Å². The second-order valence-corrected chi connectivity index (χ2v) is 10.3. The molecule has 250 valence electrons. The predicted octanol–water partition coefficient (Wildman–Crippen LogP) is 4.52. The number of nitrogens with zero attached hydrogens (tertiary/aromatic N) is 1. The van der Waals surface area contributed by atoms with Crippen LogP contribution in [0.2, 0.25) is 0 Å². The molecule has 13 nitrogen and oxygen atoms in total. The van der Waals surface area contributed by atoms with Crippen LogP contribution in [0.1, 0.15) is 55.9 Å². The van der Waals surface area contributed by atoms with E-state index in [1.165, 1.54) is 62.6 Å². The highest BCUT2D eigenvalue weighted by atomic mass is 19.1. The first-order chi connectivity index (χ1) is 22.7. The van der Waals surface area contributed by atoms with Crippen molar-refractivity contribution in [3.8, 4) is 17.2 Å². The predicted molar refractivity (Wildman–Crippen MR) is 163 cm³/mol. The van der Waals surface area contributed by atoms with Crippen LogP contribution >= 0.6 is 0 Å². The number of halogens is 1. The van der Waals surface area contributed by atoms with Crippen LogP contribution < -0.4 is 19.5 Å². The topological polar surface area (TPSA) is 148 Å². The molecule has 4 rings (SSSR count). The maximum Gasteiger partial charge on any atom is 0.453 e. The zero-order valence-corrected chi connectivity index (χ0v) is 26.1. The Morgan fingerprint density at radius 2 is 1.49 bits per heavy atom. The van der Waals surface area contributed by atoms with Gasteiger partial charge in [-0.1, -0.05) is 18.2 Å². The van der Waals surface area contributed by atoms with Gasteiger partial charge in [0, 0.05) is 44.5 Å². The Bertz CT molecular complexity index is 1560. The second kappa shape index (κ2) is 16.9. The number of hydrogen-bond donors (Lipinski definition) is 1. The molecular weight excluding hydrogens is 619 g/mol. The monoisotopic (exact) mass is 654 g/mol. The summed E-state index contributed by atoms with van der Waals surface area (Å²) in [5.74, 6) is -2.03. The number of methoxy groups -OCH3 is 3. The number of amides is 2. The van der Waals surface area contributed by atoms with Crippen LogP contribution in [-0.2, 0) is 19.2 Å². The molecule has 1 heterocycles. The molecule has 3 aromatic rings. The smallest absolute Gasteiger partial charge is 0.453 e. The lowest BCUT2D eigenvalue weighted by Gasteiger charge is -2.23. The van der Waals surface area contributed by atoms with Crippen molar-refractivity contribution >= 4 is 23.8 Å². The maximum atomic E-state index is 14.5. The quantitative estimate of drug-likeness (QED) is 0.127. The molecule has 1 atom stereocenters. The summed E-state index contributed by atoms with van der Waals surface area (Å²) >= 11 is 0. The van der Waals surface area contributed by atoms with Gasteiger partial charge < -0.3 is 33.9 Å². The van der Waals surface area contributed by atoms with E-state index in [0.717, 1.165) is 12.5 Å². The number of rotatable bonds is 12. The lowest BCUT2D eigenvalue weighted by atomic mass is 10.0. The molecule has 1 saturated heterocycles. The molecular formula is C33H35FN2O11. The molecule has 0 aromatic heterocycles. The summed E-state index contributed by atoms with van der Waals surface area (Å²) in [4.78, 5) is 62.3. The van der Waals surface area contributed by atoms with Crippen molar-refractivity contribution in [3.63, 3.8) is 0 Å². The van der Waals surface area contributed by atoms with E-state index in [4.69, 9.17) is 33.5 Å². The molecule has 0 saturated carbocycles. The number of carbonyl (C=O) groups excluding carboxylic acids is 4. The number of ether oxygens (including phenoxy) is 5. The number of hydrogen-bond acceptors (Lipinski definition) is 11. The normalized spacial score (nSPS) is 14.4. The van der Waals surface area contributed by atoms with Crippen molar-refractivity contribution in [3.05, 3.63) is 88.7 Å². The number of benzene rings is 3. The largest absolute Gasteiger partial charge is 0.493 e. The van der Waals surface area contributed by atoms with Crippen LogP contribution in [0.4, 0.5) is 9.18 Å². The summed E-state index contributed by atoms with van der Waals surface area (Å²) in [5.41, 5.74) is 0.109. The highest BCUT2D eigenvalue weighted by Crippen LogP contribution is 2.28. The molecule has 1 aliphatic heterocycles. The zero-order valence-electron chi connectivity index (χ0n) is 26.1. The maximum absolute atomic E-state index is 14.5. The average Bonchev–Trinajstić information content (AvgIpc) is 3.33. The number of nitrogens with one attached hydrogen (secondary N) is 1. The second-order valence-electron chi connectivity index (χ2n) is 10.3. The SMILES string of the molecule is COCOc1ccc(C(=O)NC2CCCCN(C(=O)OOC(=O)c3ccc(C(=O)c4c(F)cccc4OCOC)cc3)C2)cc1OC. The third kappa shape index (κ3) is 9.17. The minimum Gasteiger partial charge on any atom is -0.493 e. The first-order valence-corrected chi connectivity index (χ1v) is 14.6. The Labute approximate surface area is 270 Å². The first kappa shape index (κ1) is 34.7. The lowest BCUT2D eigenvalue weighted by Crippen LogP contribution is -2.45. The Morgan fingerprint density at radius 3 is 2.19 bits per heavy atom. The molecule has 1 N–H and O–H groups in total. The third-order valence-electron chi connectivity index (χ3n) is 7.13. The third-order valence-corrected chi connectivity index (χ3v) is 7.13. The highest BCUT2D eigenvalue weighted by molar-refractivity contribution is 6.11. The minimum atomic E-state index is -0.987. The van der Waals surface area contributed by atoms with Gasteiger partial charge in [-0.3, -0.25) is 9.59 Å². The van der Waals surface area contributed by atoms with Gasteiger partial charge in [-0.25, -0.2) is 23.8 Å². The van der Waals surface area contributed by atoms with Gasteiger partial charge in [0.25, 0.3) is 5.91 Å².